The molecule has 4 heteroatoms. The van der Waals surface area contributed by atoms with Gasteiger partial charge in [0.1, 0.15) is 0 Å². The summed E-state index contributed by atoms with van der Waals surface area (Å²) in [5, 5.41) is 19.6. The van der Waals surface area contributed by atoms with Gasteiger partial charge < -0.3 is 10.2 Å². The summed E-state index contributed by atoms with van der Waals surface area (Å²) in [6.07, 6.45) is 0.393. The maximum Gasteiger partial charge on any atom is 0.305 e. The van der Waals surface area contributed by atoms with Crippen LogP contribution < -0.4 is 0 Å². The fourth-order valence-corrected chi connectivity index (χ4v) is 1.79. The quantitative estimate of drug-likeness (QED) is 0.757. The molecule has 0 bridgehead atoms. The van der Waals surface area contributed by atoms with Crippen LogP contribution in [0.5, 0.6) is 0 Å². The summed E-state index contributed by atoms with van der Waals surface area (Å²) in [6.45, 7) is 0. The van der Waals surface area contributed by atoms with Gasteiger partial charge in [0.05, 0.1) is 12.5 Å². The van der Waals surface area contributed by atoms with Gasteiger partial charge in [0.15, 0.2) is 0 Å². The molecule has 0 amide bonds. The van der Waals surface area contributed by atoms with Gasteiger partial charge in [-0.1, -0.05) is 6.07 Å². The minimum absolute atomic E-state index is 0.161. The van der Waals surface area contributed by atoms with Gasteiger partial charge in [-0.15, -0.1) is 11.3 Å². The zero-order valence-electron chi connectivity index (χ0n) is 7.14. The van der Waals surface area contributed by atoms with E-state index in [1.807, 2.05) is 17.5 Å². The molecule has 1 heterocycles. The van der Waals surface area contributed by atoms with Gasteiger partial charge in [0.25, 0.3) is 0 Å². The van der Waals surface area contributed by atoms with Crippen LogP contribution >= 0.6 is 11.3 Å². The van der Waals surface area contributed by atoms with Crippen LogP contribution in [0.25, 0.3) is 0 Å². The molecule has 0 spiro atoms. The number of rotatable bonds is 5. The van der Waals surface area contributed by atoms with E-state index in [9.17, 15) is 9.90 Å². The minimum atomic E-state index is -0.946. The monoisotopic (exact) mass is 200 g/mol. The molecule has 13 heavy (non-hydrogen) atoms. The average molecular weight is 200 g/mol. The molecule has 0 aliphatic carbocycles. The van der Waals surface area contributed by atoms with Gasteiger partial charge in [0.2, 0.25) is 0 Å². The molecule has 0 aromatic carbocycles. The number of carbonyl (C=O) groups is 1. The van der Waals surface area contributed by atoms with Crippen LogP contribution in [0.15, 0.2) is 17.5 Å². The Kier molecular flexibility index (Phi) is 3.92. The van der Waals surface area contributed by atoms with Crippen molar-refractivity contribution < 1.29 is 15.0 Å². The zero-order chi connectivity index (χ0) is 9.68. The molecule has 72 valence electrons. The third-order valence-corrected chi connectivity index (χ3v) is 2.65. The first kappa shape index (κ1) is 10.2. The highest BCUT2D eigenvalue weighted by Crippen LogP contribution is 2.12. The first-order valence-corrected chi connectivity index (χ1v) is 4.98. The van der Waals surface area contributed by atoms with E-state index in [1.165, 1.54) is 4.88 Å². The summed E-state index contributed by atoms with van der Waals surface area (Å²) in [7, 11) is 0. The van der Waals surface area contributed by atoms with Gasteiger partial charge in [-0.3, -0.25) is 4.79 Å². The molecule has 0 radical (unpaired) electrons. The van der Waals surface area contributed by atoms with E-state index in [2.05, 4.69) is 0 Å². The van der Waals surface area contributed by atoms with E-state index < -0.39 is 12.1 Å². The molecule has 1 aromatic rings. The van der Waals surface area contributed by atoms with Crippen molar-refractivity contribution in [3.05, 3.63) is 22.4 Å². The van der Waals surface area contributed by atoms with Crippen molar-refractivity contribution in [1.82, 2.24) is 0 Å². The van der Waals surface area contributed by atoms with Gasteiger partial charge in [-0.25, -0.2) is 0 Å². The third-order valence-electron chi connectivity index (χ3n) is 1.71. The molecule has 1 atom stereocenters. The number of thiophene rings is 1. The molecule has 0 unspecified atom stereocenters. The van der Waals surface area contributed by atoms with E-state index in [4.69, 9.17) is 5.11 Å². The lowest BCUT2D eigenvalue weighted by molar-refractivity contribution is -0.139. The average Bonchev–Trinajstić information content (AvgIpc) is 2.51. The number of aliphatic carboxylic acids is 1. The molecule has 1 rings (SSSR count). The van der Waals surface area contributed by atoms with Crippen LogP contribution in [-0.2, 0) is 11.2 Å². The summed E-state index contributed by atoms with van der Waals surface area (Å²) in [6, 6.07) is 3.93. The number of hydrogen-bond acceptors (Lipinski definition) is 3. The Labute approximate surface area is 80.6 Å². The number of aryl methyl sites for hydroxylation is 1. The number of carboxylic acid groups (broad SMARTS) is 1. The summed E-state index contributed by atoms with van der Waals surface area (Å²) in [5.41, 5.74) is 0. The molecule has 0 saturated heterocycles. The maximum atomic E-state index is 10.2. The predicted molar refractivity (Wildman–Crippen MR) is 50.9 cm³/mol. The Morgan fingerprint density at radius 2 is 2.38 bits per heavy atom. The molecule has 0 fully saturated rings. The number of hydrogen-bond donors (Lipinski definition) is 2. The Morgan fingerprint density at radius 3 is 2.92 bits per heavy atom. The van der Waals surface area contributed by atoms with Gasteiger partial charge in [-0.05, 0) is 24.3 Å². The highest BCUT2D eigenvalue weighted by Gasteiger charge is 2.09. The van der Waals surface area contributed by atoms with Crippen molar-refractivity contribution in [2.24, 2.45) is 0 Å². The van der Waals surface area contributed by atoms with Crippen LogP contribution in [0.2, 0.25) is 0 Å². The standard InChI is InChI=1S/C9H12O3S/c10-7(6-9(11)12)3-4-8-2-1-5-13-8/h1-2,5,7,10H,3-4,6H2,(H,11,12)/t7-/m1/s1. The second-order valence-electron chi connectivity index (χ2n) is 2.87. The zero-order valence-corrected chi connectivity index (χ0v) is 7.96. The number of aliphatic hydroxyl groups is 1. The first-order valence-electron chi connectivity index (χ1n) is 4.10. The van der Waals surface area contributed by atoms with Gasteiger partial charge >= 0.3 is 5.97 Å². The Bertz CT molecular complexity index is 256. The van der Waals surface area contributed by atoms with Crippen LogP contribution in [0.4, 0.5) is 0 Å². The molecular weight excluding hydrogens is 188 g/mol. The highest BCUT2D eigenvalue weighted by atomic mass is 32.1. The van der Waals surface area contributed by atoms with E-state index in [0.717, 1.165) is 6.42 Å². The number of carboxylic acids is 1. The molecule has 1 aromatic heterocycles. The molecule has 0 aliphatic rings. The summed E-state index contributed by atoms with van der Waals surface area (Å²) in [4.78, 5) is 11.4. The fraction of sp³-hybridized carbons (Fsp3) is 0.444. The van der Waals surface area contributed by atoms with Gasteiger partial charge in [0, 0.05) is 4.88 Å². The van der Waals surface area contributed by atoms with Crippen molar-refractivity contribution in [3.8, 4) is 0 Å². The second-order valence-corrected chi connectivity index (χ2v) is 3.90. The minimum Gasteiger partial charge on any atom is -0.481 e. The van der Waals surface area contributed by atoms with E-state index in [-0.39, 0.29) is 6.42 Å². The first-order chi connectivity index (χ1) is 6.18. The molecule has 0 aliphatic heterocycles. The van der Waals surface area contributed by atoms with Crippen molar-refractivity contribution >= 4 is 17.3 Å². The van der Waals surface area contributed by atoms with Crippen LogP contribution in [0, 0.1) is 0 Å². The molecule has 2 N–H and O–H groups in total. The lowest BCUT2D eigenvalue weighted by Crippen LogP contribution is -2.13. The van der Waals surface area contributed by atoms with E-state index in [1.54, 1.807) is 11.3 Å². The summed E-state index contributed by atoms with van der Waals surface area (Å²) < 4.78 is 0. The van der Waals surface area contributed by atoms with Crippen molar-refractivity contribution in [2.75, 3.05) is 0 Å². The van der Waals surface area contributed by atoms with E-state index in [0.29, 0.717) is 6.42 Å². The normalized spacial score (nSPS) is 12.7. The molecule has 0 saturated carbocycles. The number of aliphatic hydroxyl groups excluding tert-OH is 1. The third kappa shape index (κ3) is 4.05. The predicted octanol–water partition coefficient (Wildman–Crippen LogP) is 1.52. The van der Waals surface area contributed by atoms with Crippen molar-refractivity contribution in [2.45, 2.75) is 25.4 Å². The smallest absolute Gasteiger partial charge is 0.305 e. The Morgan fingerprint density at radius 1 is 1.62 bits per heavy atom. The van der Waals surface area contributed by atoms with E-state index >= 15 is 0 Å². The van der Waals surface area contributed by atoms with Crippen LogP contribution in [0.1, 0.15) is 17.7 Å². The van der Waals surface area contributed by atoms with Crippen LogP contribution in [-0.4, -0.2) is 22.3 Å². The highest BCUT2D eigenvalue weighted by molar-refractivity contribution is 7.09. The summed E-state index contributed by atoms with van der Waals surface area (Å²) >= 11 is 1.63. The Hall–Kier alpha value is -0.870. The van der Waals surface area contributed by atoms with Gasteiger partial charge in [-0.2, -0.15) is 0 Å². The molecule has 3 nitrogen and oxygen atoms in total. The SMILES string of the molecule is O=C(O)C[C@H](O)CCc1cccs1. The maximum absolute atomic E-state index is 10.2. The topological polar surface area (TPSA) is 57.5 Å². The molecular formula is C9H12O3S. The van der Waals surface area contributed by atoms with Crippen LogP contribution in [0.3, 0.4) is 0 Å². The van der Waals surface area contributed by atoms with Crippen molar-refractivity contribution in [3.63, 3.8) is 0 Å². The van der Waals surface area contributed by atoms with Crippen molar-refractivity contribution in [1.29, 1.82) is 0 Å². The Balaban J connectivity index is 2.22. The summed E-state index contributed by atoms with van der Waals surface area (Å²) in [5.74, 6) is -0.946. The largest absolute Gasteiger partial charge is 0.481 e. The lowest BCUT2D eigenvalue weighted by atomic mass is 10.1. The second kappa shape index (κ2) is 4.99. The fourth-order valence-electron chi connectivity index (χ4n) is 1.07. The lowest BCUT2D eigenvalue weighted by Gasteiger charge is -2.05.